The van der Waals surface area contributed by atoms with Gasteiger partial charge in [0.2, 0.25) is 18.4 Å². The molecule has 73 nitrogen and oxygen atoms in total. The van der Waals surface area contributed by atoms with Gasteiger partial charge in [0.15, 0.2) is 101 Å². The van der Waals surface area contributed by atoms with E-state index in [0.29, 0.717) is 30.5 Å². The lowest BCUT2D eigenvalue weighted by Crippen LogP contribution is -2.39. The summed E-state index contributed by atoms with van der Waals surface area (Å²) in [5.74, 6) is -6.58. The number of nitrogens with zero attached hydrogens (tertiary/aromatic N) is 16. The Kier molecular flexibility index (Phi) is 29.4. The first-order valence-electron chi connectivity index (χ1n) is 41.2. The fourth-order valence-corrected chi connectivity index (χ4v) is 21.4. The highest BCUT2D eigenvalue weighted by molar-refractivity contribution is 7.48. The highest BCUT2D eigenvalue weighted by Crippen LogP contribution is 2.59. The summed E-state index contributed by atoms with van der Waals surface area (Å²) in [5.41, 5.74) is 19.6. The molecule has 9 aromatic rings. The van der Waals surface area contributed by atoms with Crippen LogP contribution in [0.4, 0.5) is 29.2 Å². The second-order valence-electron chi connectivity index (χ2n) is 31.8. The molecule has 0 amide bonds. The van der Waals surface area contributed by atoms with Gasteiger partial charge in [-0.1, -0.05) is 0 Å². The van der Waals surface area contributed by atoms with Gasteiger partial charge in [0.1, 0.15) is 140 Å². The number of hydrogen-bond donors (Lipinski definition) is 25. The van der Waals surface area contributed by atoms with Gasteiger partial charge in [0.05, 0.1) is 52.0 Å². The Hall–Kier alpha value is -11.5. The number of phosphoric ester groups is 6. The number of anilines is 5. The number of nitrogen functional groups attached to an aromatic ring is 4. The average molecular weight is 2180 g/mol. The van der Waals surface area contributed by atoms with Gasteiger partial charge in [-0.15, -0.1) is 0 Å². The first-order valence-corrected chi connectivity index (χ1v) is 50.2. The summed E-state index contributed by atoms with van der Waals surface area (Å²) in [6, 6.07) is 3.65. The lowest BCUT2D eigenvalue weighted by Gasteiger charge is -2.26. The molecule has 0 aliphatic carbocycles. The molecule has 0 radical (unpaired) electrons. The van der Waals surface area contributed by atoms with E-state index in [1.54, 1.807) is 0 Å². The van der Waals surface area contributed by atoms with E-state index in [-0.39, 0.29) is 34.3 Å². The SMILES string of the molecule is NC1=NC(O)c2ncn([C@@H]3O[C@H](COP(=O)(O)OC4C(O)[C@H](n5ccc(N)nc5=O)O[C@@H]4CO)C(OP(=O)(O)OCC4=C(OP(=O)(O)OC[C@H]5O[C@@H](n6cnc7c(N)ncnc76)C(O)C5OP(=O)(O)OC[C@H]5O[C@@H](n6ccc(N)nc6=O)C(O)C5OP(=O)(O)OC[C@H]5O[C@@H](n6cnc7c(=O)[nH]c(N)nc76)C(O)C5OP(=O)(O)OCC5=C(O)C(O)[C@H](n6ccc(=O)[nH]c6=O)O5)C(O)[C@H](n5ccc(=O)[nH]c5=O)O4)C3O)c2N1. The Bertz CT molecular complexity index is 7340. The Morgan fingerprint density at radius 2 is 0.807 bits per heavy atom. The third-order valence-corrected chi connectivity index (χ3v) is 28.2. The Labute approximate surface area is 798 Å². The van der Waals surface area contributed by atoms with E-state index < -0.39 is 338 Å². The number of guanidine groups is 1. The van der Waals surface area contributed by atoms with Crippen LogP contribution in [0.5, 0.6) is 0 Å². The summed E-state index contributed by atoms with van der Waals surface area (Å²) in [6.45, 7) is -9.82. The molecule has 5 saturated heterocycles. The molecular formula is C66H81N25O48P6. The minimum atomic E-state index is -6.17. The molecule has 8 aliphatic heterocycles. The van der Waals surface area contributed by atoms with E-state index in [9.17, 15) is 141 Å². The Morgan fingerprint density at radius 3 is 1.27 bits per heavy atom. The zero-order valence-electron chi connectivity index (χ0n) is 72.3. The molecule has 9 aromatic heterocycles. The Morgan fingerprint density at radius 1 is 0.414 bits per heavy atom. The number of ether oxygens (including phenoxy) is 7. The van der Waals surface area contributed by atoms with Crippen molar-refractivity contribution in [2.24, 2.45) is 10.7 Å². The summed E-state index contributed by atoms with van der Waals surface area (Å²) in [5, 5.41) is 116. The summed E-state index contributed by atoms with van der Waals surface area (Å²) in [7, 11) is -35.8. The number of hydrogen-bond acceptors (Lipinski definition) is 57. The van der Waals surface area contributed by atoms with Gasteiger partial charge in [-0.05, 0) is 12.1 Å². The molecule has 0 aromatic carbocycles. The first kappa shape index (κ1) is 105. The quantitative estimate of drug-likeness (QED) is 0.0160. The van der Waals surface area contributed by atoms with Crippen molar-refractivity contribution in [1.82, 2.24) is 86.8 Å². The third kappa shape index (κ3) is 21.8. The maximum atomic E-state index is 14.6. The number of rotatable bonds is 38. The van der Waals surface area contributed by atoms with Crippen molar-refractivity contribution < 1.29 is 195 Å². The van der Waals surface area contributed by atoms with Crippen LogP contribution in [0.15, 0.2) is 136 Å². The minimum Gasteiger partial charge on any atom is -0.506 e. The van der Waals surface area contributed by atoms with Crippen molar-refractivity contribution in [3.05, 3.63) is 176 Å². The number of nitrogens with two attached hydrogens (primary N) is 5. The zero-order valence-corrected chi connectivity index (χ0v) is 77.6. The predicted molar refractivity (Wildman–Crippen MR) is 459 cm³/mol. The van der Waals surface area contributed by atoms with Crippen LogP contribution in [0, 0.1) is 0 Å². The van der Waals surface area contributed by atoms with Gasteiger partial charge >= 0.3 is 69.7 Å². The fraction of sp³-hybridized carbons (Fsp3) is 0.485. The standard InChI is InChI=1S/C66H81N25O48P6/c67-27-1-5-85(63(105)77-27)55-36(97)42(20(9-92)127-55)134-141(111,112)122-14-25-47(41(102)60(132-25)91-19-76-33-51(91)82-62(71)84-53(33)104)139-145(119,120)124-12-23-44(38(99)57(130-23)88-8-4-30(94)80-66(88)108)136-142(113,114)125-13-24-45(39(100)58(131-24)89-17-74-31-48(69)72-16-73-49(31)89)138-144(117,118)123-11-22-43(37(98)56(129-22)86-6-2-28(68)78-64(86)106)135-143(115,116)126-15-26-46(40(101)59(133-26)90-18-75-32-50(90)81-61(70)83-52(32)103)137-140(109,110)121-10-21-34(95)35(96)54(128-21)87-7-3-29(93)79-65(87)107/h1-8,16-20,22,24-26,35-43,45-47,53-60,92,95-102,104H,9-15H2,(H,109,110)(H,111,112)(H,113,114)(H,115,116)(H,117,118)(H,119,120)(H2,67,77,105)(H2,68,78,106)(H2,69,72,73)(H3,71,82,84)(H,79,93,107)(H,80,94,108)(H3,70,81,83,103)/t20-,22-,24-,25-,26-,35?,36?,37?,38?,39?,40?,41?,42?,43?,45?,46?,47?,53?,54-,55-,56-,57-,58-,59-,60-/m1/s1. The molecule has 8 aliphatic rings. The van der Waals surface area contributed by atoms with Gasteiger partial charge in [-0.25, -0.2) is 76.5 Å². The van der Waals surface area contributed by atoms with Gasteiger partial charge < -0.3 is 147 Å². The maximum Gasteiger partial charge on any atom is 0.527 e. The van der Waals surface area contributed by atoms with E-state index in [0.717, 1.165) is 75.8 Å². The molecule has 17 rings (SSSR count). The molecule has 31 atom stereocenters. The smallest absolute Gasteiger partial charge is 0.506 e. The molecular weight excluding hydrogens is 2100 g/mol. The van der Waals surface area contributed by atoms with E-state index in [1.807, 2.05) is 9.97 Å². The molecule has 79 heteroatoms. The van der Waals surface area contributed by atoms with Gasteiger partial charge in [0, 0.05) is 36.9 Å². The van der Waals surface area contributed by atoms with E-state index >= 15 is 0 Å². The van der Waals surface area contributed by atoms with Crippen LogP contribution >= 0.6 is 46.9 Å². The van der Waals surface area contributed by atoms with Crippen LogP contribution in [0.2, 0.25) is 0 Å². The number of fused-ring (bicyclic) bond motifs is 3. The fourth-order valence-electron chi connectivity index (χ4n) is 15.9. The van der Waals surface area contributed by atoms with Gasteiger partial charge in [0.25, 0.3) is 16.7 Å². The minimum absolute atomic E-state index is 0.177. The lowest BCUT2D eigenvalue weighted by molar-refractivity contribution is -0.0632. The molecule has 788 valence electrons. The van der Waals surface area contributed by atoms with Crippen LogP contribution in [-0.2, 0) is 115 Å². The first-order chi connectivity index (χ1) is 68.3. The van der Waals surface area contributed by atoms with Crippen molar-refractivity contribution >= 4 is 104 Å². The topological polar surface area (TPSA) is 1060 Å². The van der Waals surface area contributed by atoms with Crippen LogP contribution in [0.1, 0.15) is 55.5 Å². The number of phosphoric acid groups is 6. The maximum absolute atomic E-state index is 14.6. The number of aliphatic imine (C=N–C) groups is 1. The molecule has 17 heterocycles. The van der Waals surface area contributed by atoms with Crippen LogP contribution in [0.25, 0.3) is 22.3 Å². The average Bonchev–Trinajstić information content (AvgIpc) is 1.61. The number of nitrogens with one attached hydrogen (secondary N) is 4. The number of aromatic nitrogens is 18. The van der Waals surface area contributed by atoms with Crippen molar-refractivity contribution in [3.63, 3.8) is 0 Å². The number of imidazole rings is 3. The molecule has 30 N–H and O–H groups in total. The summed E-state index contributed by atoms with van der Waals surface area (Å²) in [6.07, 6.45) is -46.9. The van der Waals surface area contributed by atoms with Crippen molar-refractivity contribution in [3.8, 4) is 0 Å². The predicted octanol–water partition coefficient (Wildman–Crippen LogP) is -9.78. The van der Waals surface area contributed by atoms with Crippen LogP contribution < -0.4 is 73.4 Å². The van der Waals surface area contributed by atoms with Crippen molar-refractivity contribution in [2.45, 2.75) is 154 Å². The number of aliphatic hydroxyl groups excluding tert-OH is 10. The highest BCUT2D eigenvalue weighted by atomic mass is 31.2. The molecule has 0 spiro atoms. The lowest BCUT2D eigenvalue weighted by atomic mass is 10.1. The molecule has 5 fully saturated rings. The third-order valence-electron chi connectivity index (χ3n) is 22.5. The Balaban J connectivity index is 0.606. The van der Waals surface area contributed by atoms with Crippen molar-refractivity contribution in [2.75, 3.05) is 74.5 Å². The number of H-pyrrole nitrogens is 3. The second kappa shape index (κ2) is 40.6. The van der Waals surface area contributed by atoms with E-state index in [2.05, 4.69) is 55.2 Å². The number of aromatic amines is 3. The van der Waals surface area contributed by atoms with Gasteiger partial charge in [-0.2, -0.15) is 15.0 Å². The molecule has 19 unspecified atom stereocenters. The van der Waals surface area contributed by atoms with E-state index in [1.165, 1.54) is 0 Å². The second-order valence-corrected chi connectivity index (χ2v) is 40.2. The largest absolute Gasteiger partial charge is 0.527 e. The van der Waals surface area contributed by atoms with Gasteiger partial charge in [-0.3, -0.25) is 116 Å². The van der Waals surface area contributed by atoms with Crippen LogP contribution in [0.3, 0.4) is 0 Å². The highest BCUT2D eigenvalue weighted by Gasteiger charge is 2.59. The summed E-state index contributed by atoms with van der Waals surface area (Å²) >= 11 is 0. The molecule has 0 saturated carbocycles. The normalized spacial score (nSPS) is 31.5. The summed E-state index contributed by atoms with van der Waals surface area (Å²) in [4.78, 5) is 199. The molecule has 145 heavy (non-hydrogen) atoms. The van der Waals surface area contributed by atoms with Crippen LogP contribution in [-0.4, -0.2) is 323 Å². The molecule has 0 bridgehead atoms. The summed E-state index contributed by atoms with van der Waals surface area (Å²) < 4.78 is 195. The number of aliphatic hydroxyl groups is 10. The monoisotopic (exact) mass is 2180 g/mol. The van der Waals surface area contributed by atoms with E-state index in [4.69, 9.17) is 116 Å². The van der Waals surface area contributed by atoms with Crippen molar-refractivity contribution in [1.29, 1.82) is 0 Å². The zero-order chi connectivity index (χ0) is 104.